The van der Waals surface area contributed by atoms with Gasteiger partial charge in [-0.05, 0) is 0 Å². The first-order valence-corrected chi connectivity index (χ1v) is 5.69. The number of nitrogens with zero attached hydrogens (tertiary/aromatic N) is 4. The van der Waals surface area contributed by atoms with Crippen molar-refractivity contribution < 1.29 is 20.1 Å². The molecule has 2 aromatic rings. The third-order valence-corrected chi connectivity index (χ3v) is 3.18. The molecule has 2 aromatic heterocycles. The summed E-state index contributed by atoms with van der Waals surface area (Å²) in [6, 6.07) is 0. The van der Waals surface area contributed by atoms with E-state index in [4.69, 9.17) is 15.6 Å². The van der Waals surface area contributed by atoms with Crippen molar-refractivity contribution in [3.05, 3.63) is 12.5 Å². The zero-order chi connectivity index (χ0) is 13.6. The Morgan fingerprint density at radius 2 is 2.11 bits per heavy atom. The molecule has 0 spiro atoms. The lowest BCUT2D eigenvalue weighted by Gasteiger charge is -2.15. The molecule has 0 unspecified atom stereocenters. The van der Waals surface area contributed by atoms with E-state index in [1.165, 1.54) is 17.2 Å². The SMILES string of the molecule is Nc1ncnc2c1cnn2[C@@H]1O[C@@H](CO)[C@@H](O)[C@H]1O. The first-order valence-electron chi connectivity index (χ1n) is 5.69. The van der Waals surface area contributed by atoms with Crippen LogP contribution in [0.15, 0.2) is 12.5 Å². The molecule has 19 heavy (non-hydrogen) atoms. The van der Waals surface area contributed by atoms with E-state index in [2.05, 4.69) is 15.1 Å². The Labute approximate surface area is 107 Å². The van der Waals surface area contributed by atoms with Crippen LogP contribution in [0.5, 0.6) is 0 Å². The molecule has 9 nitrogen and oxygen atoms in total. The van der Waals surface area contributed by atoms with E-state index in [0.29, 0.717) is 11.0 Å². The van der Waals surface area contributed by atoms with Gasteiger partial charge < -0.3 is 25.8 Å². The van der Waals surface area contributed by atoms with E-state index in [1.807, 2.05) is 0 Å². The smallest absolute Gasteiger partial charge is 0.181 e. The van der Waals surface area contributed by atoms with Crippen LogP contribution in [0.4, 0.5) is 5.82 Å². The Balaban J connectivity index is 2.04. The predicted octanol–water partition coefficient (Wildman–Crippen LogP) is -1.98. The molecule has 0 radical (unpaired) electrons. The van der Waals surface area contributed by atoms with Gasteiger partial charge in [-0.25, -0.2) is 14.6 Å². The molecule has 0 aromatic carbocycles. The van der Waals surface area contributed by atoms with Crippen LogP contribution in [0, 0.1) is 0 Å². The molecule has 3 rings (SSSR count). The lowest BCUT2D eigenvalue weighted by Crippen LogP contribution is -2.33. The summed E-state index contributed by atoms with van der Waals surface area (Å²) in [5.74, 6) is 0.267. The first-order chi connectivity index (χ1) is 9.13. The Bertz CT molecular complexity index is 603. The molecule has 0 aliphatic carbocycles. The van der Waals surface area contributed by atoms with E-state index in [1.54, 1.807) is 0 Å². The van der Waals surface area contributed by atoms with Crippen LogP contribution >= 0.6 is 0 Å². The fourth-order valence-electron chi connectivity index (χ4n) is 2.15. The zero-order valence-electron chi connectivity index (χ0n) is 9.79. The topological polar surface area (TPSA) is 140 Å². The third kappa shape index (κ3) is 1.75. The molecule has 1 aliphatic rings. The molecule has 5 N–H and O–H groups in total. The molecule has 3 heterocycles. The lowest BCUT2D eigenvalue weighted by molar-refractivity contribution is -0.0566. The number of nitrogen functional groups attached to an aromatic ring is 1. The van der Waals surface area contributed by atoms with Gasteiger partial charge in [0, 0.05) is 0 Å². The van der Waals surface area contributed by atoms with Crippen LogP contribution in [0.25, 0.3) is 11.0 Å². The van der Waals surface area contributed by atoms with Crippen molar-refractivity contribution in [1.29, 1.82) is 0 Å². The zero-order valence-corrected chi connectivity index (χ0v) is 9.79. The Hall–Kier alpha value is -1.81. The number of ether oxygens (including phenoxy) is 1. The summed E-state index contributed by atoms with van der Waals surface area (Å²) in [5.41, 5.74) is 6.08. The predicted molar refractivity (Wildman–Crippen MR) is 62.7 cm³/mol. The fourth-order valence-corrected chi connectivity index (χ4v) is 2.15. The summed E-state index contributed by atoms with van der Waals surface area (Å²) < 4.78 is 6.69. The number of nitrogens with two attached hydrogens (primary N) is 1. The van der Waals surface area contributed by atoms with Crippen molar-refractivity contribution in [3.8, 4) is 0 Å². The highest BCUT2D eigenvalue weighted by Crippen LogP contribution is 2.31. The van der Waals surface area contributed by atoms with Gasteiger partial charge >= 0.3 is 0 Å². The molecule has 4 atom stereocenters. The van der Waals surface area contributed by atoms with Crippen LogP contribution in [-0.4, -0.2) is 60.0 Å². The average Bonchev–Trinajstić information content (AvgIpc) is 2.94. The minimum Gasteiger partial charge on any atom is -0.394 e. The van der Waals surface area contributed by atoms with Crippen molar-refractivity contribution in [3.63, 3.8) is 0 Å². The second-order valence-corrected chi connectivity index (χ2v) is 4.31. The quantitative estimate of drug-likeness (QED) is 0.491. The van der Waals surface area contributed by atoms with Gasteiger partial charge in [-0.3, -0.25) is 0 Å². The van der Waals surface area contributed by atoms with E-state index in [9.17, 15) is 10.2 Å². The summed E-state index contributed by atoms with van der Waals surface area (Å²) in [7, 11) is 0. The summed E-state index contributed by atoms with van der Waals surface area (Å²) in [5, 5.41) is 33.3. The molecule has 1 aliphatic heterocycles. The summed E-state index contributed by atoms with van der Waals surface area (Å²) in [4.78, 5) is 7.86. The molecular formula is C10H13N5O4. The number of aliphatic hydroxyl groups is 3. The van der Waals surface area contributed by atoms with Gasteiger partial charge in [0.1, 0.15) is 30.5 Å². The summed E-state index contributed by atoms with van der Waals surface area (Å²) in [6.45, 7) is -0.398. The molecule has 1 saturated heterocycles. The monoisotopic (exact) mass is 267 g/mol. The summed E-state index contributed by atoms with van der Waals surface area (Å²) in [6.07, 6.45) is -1.46. The van der Waals surface area contributed by atoms with Crippen molar-refractivity contribution in [2.45, 2.75) is 24.5 Å². The van der Waals surface area contributed by atoms with Crippen molar-refractivity contribution in [2.75, 3.05) is 12.3 Å². The van der Waals surface area contributed by atoms with E-state index >= 15 is 0 Å². The van der Waals surface area contributed by atoms with E-state index in [-0.39, 0.29) is 5.82 Å². The van der Waals surface area contributed by atoms with Gasteiger partial charge in [0.25, 0.3) is 0 Å². The van der Waals surface area contributed by atoms with Crippen LogP contribution in [-0.2, 0) is 4.74 Å². The minimum atomic E-state index is -1.21. The molecule has 9 heteroatoms. The number of aromatic nitrogens is 4. The highest BCUT2D eigenvalue weighted by Gasteiger charge is 2.44. The molecule has 102 valence electrons. The Morgan fingerprint density at radius 3 is 2.79 bits per heavy atom. The number of rotatable bonds is 2. The van der Waals surface area contributed by atoms with Crippen LogP contribution in [0.3, 0.4) is 0 Å². The van der Waals surface area contributed by atoms with Gasteiger partial charge in [0.15, 0.2) is 11.9 Å². The van der Waals surface area contributed by atoms with E-state index < -0.39 is 31.1 Å². The van der Waals surface area contributed by atoms with Gasteiger partial charge in [-0.2, -0.15) is 5.10 Å². The highest BCUT2D eigenvalue weighted by molar-refractivity contribution is 5.84. The first kappa shape index (κ1) is 12.2. The molecule has 0 amide bonds. The molecule has 0 saturated carbocycles. The molecular weight excluding hydrogens is 254 g/mol. The number of fused-ring (bicyclic) bond motifs is 1. The standard InChI is InChI=1S/C10H13N5O4/c11-8-4-1-14-15(9(4)13-3-12-8)10-7(18)6(17)5(2-16)19-10/h1,3,5-7,10,16-18H,2H2,(H2,11,12,13)/t5-,6+,7+,10+/m0/s1. The Morgan fingerprint density at radius 1 is 1.32 bits per heavy atom. The van der Waals surface area contributed by atoms with Crippen LogP contribution in [0.2, 0.25) is 0 Å². The minimum absolute atomic E-state index is 0.267. The van der Waals surface area contributed by atoms with Gasteiger partial charge in [0.05, 0.1) is 18.2 Å². The fraction of sp³-hybridized carbons (Fsp3) is 0.500. The van der Waals surface area contributed by atoms with Crippen molar-refractivity contribution >= 4 is 16.9 Å². The highest BCUT2D eigenvalue weighted by atomic mass is 16.6. The summed E-state index contributed by atoms with van der Waals surface area (Å²) >= 11 is 0. The maximum absolute atomic E-state index is 9.94. The number of hydrogen-bond donors (Lipinski definition) is 4. The second-order valence-electron chi connectivity index (χ2n) is 4.31. The second kappa shape index (κ2) is 4.38. The maximum Gasteiger partial charge on any atom is 0.181 e. The number of hydrogen-bond acceptors (Lipinski definition) is 8. The van der Waals surface area contributed by atoms with Crippen molar-refractivity contribution in [2.24, 2.45) is 0 Å². The number of anilines is 1. The maximum atomic E-state index is 9.94. The van der Waals surface area contributed by atoms with Gasteiger partial charge in [-0.1, -0.05) is 0 Å². The number of aliphatic hydroxyl groups excluding tert-OH is 3. The lowest BCUT2D eigenvalue weighted by atomic mass is 10.1. The van der Waals surface area contributed by atoms with Crippen molar-refractivity contribution in [1.82, 2.24) is 19.7 Å². The molecule has 0 bridgehead atoms. The van der Waals surface area contributed by atoms with Gasteiger partial charge in [0.2, 0.25) is 0 Å². The third-order valence-electron chi connectivity index (χ3n) is 3.18. The Kier molecular flexibility index (Phi) is 2.82. The average molecular weight is 267 g/mol. The normalized spacial score (nSPS) is 31.1. The van der Waals surface area contributed by atoms with Crippen LogP contribution in [0.1, 0.15) is 6.23 Å². The van der Waals surface area contributed by atoms with E-state index in [0.717, 1.165) is 0 Å². The van der Waals surface area contributed by atoms with Crippen LogP contribution < -0.4 is 5.73 Å². The largest absolute Gasteiger partial charge is 0.394 e. The van der Waals surface area contributed by atoms with Gasteiger partial charge in [-0.15, -0.1) is 0 Å². The molecule has 1 fully saturated rings.